The Kier molecular flexibility index (Phi) is 8.16. The van der Waals surface area contributed by atoms with Gasteiger partial charge in [0.1, 0.15) is 41.6 Å². The summed E-state index contributed by atoms with van der Waals surface area (Å²) >= 11 is 0. The van der Waals surface area contributed by atoms with Crippen molar-refractivity contribution in [3.63, 3.8) is 0 Å². The van der Waals surface area contributed by atoms with Gasteiger partial charge >= 0.3 is 6.03 Å². The van der Waals surface area contributed by atoms with Gasteiger partial charge in [0.15, 0.2) is 5.65 Å². The van der Waals surface area contributed by atoms with E-state index in [1.165, 1.54) is 10.9 Å². The summed E-state index contributed by atoms with van der Waals surface area (Å²) in [7, 11) is 6.83. The predicted octanol–water partition coefficient (Wildman–Crippen LogP) is 3.87. The highest BCUT2D eigenvalue weighted by molar-refractivity contribution is 5.95. The molecule has 1 aliphatic carbocycles. The molecule has 4 heterocycles. The van der Waals surface area contributed by atoms with Gasteiger partial charge in [-0.15, -0.1) is 0 Å². The quantitative estimate of drug-likeness (QED) is 0.276. The molecule has 2 aliphatic rings. The molecule has 1 aromatic carbocycles. The van der Waals surface area contributed by atoms with Gasteiger partial charge in [0.25, 0.3) is 0 Å². The summed E-state index contributed by atoms with van der Waals surface area (Å²) < 4.78 is 29.6. The minimum atomic E-state index is -0.307. The lowest BCUT2D eigenvalue weighted by molar-refractivity contribution is -0.0324. The van der Waals surface area contributed by atoms with E-state index in [1.807, 2.05) is 48.3 Å². The van der Waals surface area contributed by atoms with Crippen LogP contribution in [0.25, 0.3) is 11.2 Å². The second-order valence-corrected chi connectivity index (χ2v) is 10.5. The Hall–Kier alpha value is -4.62. The lowest BCUT2D eigenvalue weighted by Crippen LogP contribution is -2.52. The maximum atomic E-state index is 13.4. The first-order chi connectivity index (χ1) is 20.9. The zero-order chi connectivity index (χ0) is 29.9. The minimum absolute atomic E-state index is 0.103. The molecule has 1 aliphatic heterocycles. The number of methoxy groups -OCH3 is 3. The molecule has 0 unspecified atom stereocenters. The molecule has 1 amide bonds. The molecular weight excluding hydrogens is 554 g/mol. The number of nitrogens with zero attached hydrogens (tertiary/aromatic N) is 5. The zero-order valence-corrected chi connectivity index (χ0v) is 24.6. The van der Waals surface area contributed by atoms with E-state index in [1.54, 1.807) is 21.3 Å². The maximum Gasteiger partial charge on any atom is 0.328 e. The Balaban J connectivity index is 1.41. The summed E-state index contributed by atoms with van der Waals surface area (Å²) in [6, 6.07) is 10.9. The van der Waals surface area contributed by atoms with E-state index < -0.39 is 0 Å². The number of aromatic nitrogens is 4. The monoisotopic (exact) mass is 589 g/mol. The van der Waals surface area contributed by atoms with E-state index in [2.05, 4.69) is 20.6 Å². The number of pyridine rings is 2. The van der Waals surface area contributed by atoms with Gasteiger partial charge in [-0.2, -0.15) is 4.98 Å². The molecule has 4 aromatic rings. The number of imidazole rings is 1. The van der Waals surface area contributed by atoms with Crippen LogP contribution >= 0.6 is 0 Å². The molecule has 13 nitrogen and oxygen atoms in total. The Bertz CT molecular complexity index is 1630. The van der Waals surface area contributed by atoms with Crippen LogP contribution in [0.2, 0.25) is 0 Å². The number of ether oxygens (including phenoxy) is 5. The highest BCUT2D eigenvalue weighted by Gasteiger charge is 2.34. The molecular formula is C30H35N7O6. The van der Waals surface area contributed by atoms with Crippen molar-refractivity contribution >= 4 is 34.5 Å². The SMILES string of the molecule is COCCOc1cc2cc(n1)Nc1cc(N(C)Cc3ccc(OC)cc3OC)c3ncn(c3n1)C(=O)N[C@@H]1CC[C@H]1OC2. The van der Waals surface area contributed by atoms with Crippen LogP contribution < -0.4 is 29.7 Å². The zero-order valence-electron chi connectivity index (χ0n) is 24.6. The third kappa shape index (κ3) is 5.99. The van der Waals surface area contributed by atoms with Gasteiger partial charge in [-0.05, 0) is 36.6 Å². The lowest BCUT2D eigenvalue weighted by Gasteiger charge is -2.36. The molecule has 6 rings (SSSR count). The van der Waals surface area contributed by atoms with Crippen LogP contribution in [0.1, 0.15) is 24.0 Å². The van der Waals surface area contributed by atoms with Gasteiger partial charge in [0, 0.05) is 44.5 Å². The number of fused-ring (bicyclic) bond motifs is 4. The second kappa shape index (κ2) is 12.3. The van der Waals surface area contributed by atoms with Crippen molar-refractivity contribution in [3.8, 4) is 17.4 Å². The molecule has 0 radical (unpaired) electrons. The Morgan fingerprint density at radius 2 is 1.91 bits per heavy atom. The van der Waals surface area contributed by atoms with Crippen LogP contribution in [0.5, 0.6) is 17.4 Å². The second-order valence-electron chi connectivity index (χ2n) is 10.5. The molecule has 2 N–H and O–H groups in total. The van der Waals surface area contributed by atoms with Crippen LogP contribution in [-0.4, -0.2) is 79.3 Å². The molecule has 0 spiro atoms. The van der Waals surface area contributed by atoms with Crippen molar-refractivity contribution in [2.24, 2.45) is 0 Å². The molecule has 2 atom stereocenters. The number of carbonyl (C=O) groups excluding carboxylic acids is 1. The van der Waals surface area contributed by atoms with Crippen LogP contribution in [0.4, 0.5) is 22.1 Å². The number of amides is 1. The van der Waals surface area contributed by atoms with E-state index in [0.29, 0.717) is 66.5 Å². The Morgan fingerprint density at radius 3 is 2.67 bits per heavy atom. The summed E-state index contributed by atoms with van der Waals surface area (Å²) in [5.74, 6) is 2.87. The smallest absolute Gasteiger partial charge is 0.328 e. The molecule has 0 saturated heterocycles. The van der Waals surface area contributed by atoms with E-state index in [-0.39, 0.29) is 18.2 Å². The molecule has 1 fully saturated rings. The average molecular weight is 590 g/mol. The van der Waals surface area contributed by atoms with Crippen molar-refractivity contribution in [1.29, 1.82) is 0 Å². The van der Waals surface area contributed by atoms with Crippen LogP contribution in [0, 0.1) is 0 Å². The molecule has 43 heavy (non-hydrogen) atoms. The molecule has 3 aromatic heterocycles. The molecule has 1 saturated carbocycles. The fraction of sp³-hybridized carbons (Fsp3) is 0.400. The minimum Gasteiger partial charge on any atom is -0.497 e. The van der Waals surface area contributed by atoms with Gasteiger partial charge in [-0.1, -0.05) is 0 Å². The van der Waals surface area contributed by atoms with Crippen molar-refractivity contribution < 1.29 is 28.5 Å². The van der Waals surface area contributed by atoms with E-state index in [0.717, 1.165) is 29.7 Å². The highest BCUT2D eigenvalue weighted by Crippen LogP contribution is 2.33. The first-order valence-corrected chi connectivity index (χ1v) is 14.1. The molecule has 13 heteroatoms. The van der Waals surface area contributed by atoms with Crippen molar-refractivity contribution in [1.82, 2.24) is 24.8 Å². The summed E-state index contributed by atoms with van der Waals surface area (Å²) in [5, 5.41) is 6.42. The Morgan fingerprint density at radius 1 is 1.05 bits per heavy atom. The number of benzene rings is 1. The maximum absolute atomic E-state index is 13.4. The summed E-state index contributed by atoms with van der Waals surface area (Å²) in [6.45, 7) is 1.63. The largest absolute Gasteiger partial charge is 0.497 e. The fourth-order valence-electron chi connectivity index (χ4n) is 5.21. The van der Waals surface area contributed by atoms with Gasteiger partial charge < -0.3 is 39.2 Å². The van der Waals surface area contributed by atoms with Gasteiger partial charge in [0.05, 0.1) is 45.3 Å². The molecule has 4 bridgehead atoms. The number of nitrogens with one attached hydrogen (secondary N) is 2. The Labute approximate surface area is 249 Å². The van der Waals surface area contributed by atoms with Crippen molar-refractivity contribution in [2.75, 3.05) is 51.8 Å². The average Bonchev–Trinajstić information content (AvgIpc) is 3.43. The lowest BCUT2D eigenvalue weighted by atomic mass is 9.89. The van der Waals surface area contributed by atoms with Gasteiger partial charge in [-0.3, -0.25) is 0 Å². The van der Waals surface area contributed by atoms with Crippen molar-refractivity contribution in [2.45, 2.75) is 38.1 Å². The summed E-state index contributed by atoms with van der Waals surface area (Å²) in [4.78, 5) is 29.5. The van der Waals surface area contributed by atoms with Gasteiger partial charge in [-0.25, -0.2) is 19.3 Å². The third-order valence-electron chi connectivity index (χ3n) is 7.66. The van der Waals surface area contributed by atoms with Gasteiger partial charge in [0.2, 0.25) is 5.88 Å². The van der Waals surface area contributed by atoms with E-state index in [4.69, 9.17) is 28.7 Å². The van der Waals surface area contributed by atoms with E-state index in [9.17, 15) is 4.79 Å². The molecule has 226 valence electrons. The number of carbonyl (C=O) groups is 1. The number of rotatable bonds is 9. The fourth-order valence-corrected chi connectivity index (χ4v) is 5.21. The van der Waals surface area contributed by atoms with Crippen molar-refractivity contribution in [3.05, 3.63) is 53.9 Å². The van der Waals surface area contributed by atoms with E-state index >= 15 is 0 Å². The van der Waals surface area contributed by atoms with Crippen LogP contribution in [0.15, 0.2) is 42.7 Å². The topological polar surface area (TPSA) is 134 Å². The number of hydrogen-bond donors (Lipinski definition) is 2. The predicted molar refractivity (Wildman–Crippen MR) is 160 cm³/mol. The number of anilines is 3. The normalized spacial score (nSPS) is 17.7. The first-order valence-electron chi connectivity index (χ1n) is 14.1. The summed E-state index contributed by atoms with van der Waals surface area (Å²) in [6.07, 6.45) is 3.08. The first kappa shape index (κ1) is 28.5. The highest BCUT2D eigenvalue weighted by atomic mass is 16.5. The standard InChI is InChI=1S/C30H35N7O6/c1-36(15-19-5-6-20(40-3)13-24(19)41-4)22-14-26-33-25-11-18(12-27(34-25)42-10-9-39-2)16-43-23-8-7-21(23)32-30(38)37-17-31-28(22)29(37)35-26/h5-6,11-14,17,21,23H,7-10,15-16H2,1-4H3,(H,32,38)(H,33,34,35)/t21-,23-/m1/s1. The third-order valence-corrected chi connectivity index (χ3v) is 7.66. The number of hydrogen-bond acceptors (Lipinski definition) is 11. The van der Waals surface area contributed by atoms with Crippen LogP contribution in [0.3, 0.4) is 0 Å². The summed E-state index contributed by atoms with van der Waals surface area (Å²) in [5.41, 5.74) is 3.59. The van der Waals surface area contributed by atoms with Crippen LogP contribution in [-0.2, 0) is 22.6 Å².